The number of hydrogen-bond donors (Lipinski definition) is 13. The number of carboxylic acids is 1. The molecule has 0 radical (unpaired) electrons. The average Bonchev–Trinajstić information content (AvgIpc) is 3.99. The van der Waals surface area contributed by atoms with Crippen molar-refractivity contribution in [2.24, 2.45) is 34.8 Å². The van der Waals surface area contributed by atoms with Crippen molar-refractivity contribution in [3.8, 4) is 0 Å². The van der Waals surface area contributed by atoms with Gasteiger partial charge in [0.2, 0.25) is 41.4 Å². The van der Waals surface area contributed by atoms with Gasteiger partial charge in [-0.3, -0.25) is 33.6 Å². The van der Waals surface area contributed by atoms with E-state index in [0.717, 1.165) is 10.9 Å². The second kappa shape index (κ2) is 28.7. The minimum Gasteiger partial charge on any atom is -0.480 e. The Kier molecular flexibility index (Phi) is 23.6. The molecule has 0 unspecified atom stereocenters. The van der Waals surface area contributed by atoms with E-state index in [0.29, 0.717) is 56.3 Å². The Balaban J connectivity index is 1.97. The molecule has 0 fully saturated rings. The van der Waals surface area contributed by atoms with Gasteiger partial charge in [-0.1, -0.05) is 58.7 Å². The van der Waals surface area contributed by atoms with Crippen LogP contribution in [-0.2, 0) is 51.2 Å². The monoisotopic (exact) mass is 952 g/mol. The number of imidazole rings is 1. The zero-order chi connectivity index (χ0) is 50.3. The number of amides is 7. The van der Waals surface area contributed by atoms with Crippen LogP contribution in [0.3, 0.4) is 0 Å². The first kappa shape index (κ1) is 55.9. The Morgan fingerprint density at radius 1 is 0.647 bits per heavy atom. The topological polar surface area (TPSA) is 378 Å². The summed E-state index contributed by atoms with van der Waals surface area (Å²) in [7, 11) is 0. The molecule has 17 N–H and O–H groups in total. The number of hydrogen-bond acceptors (Lipinski definition) is 12. The van der Waals surface area contributed by atoms with Crippen molar-refractivity contribution in [2.45, 2.75) is 147 Å². The molecule has 0 bridgehead atoms. The lowest BCUT2D eigenvalue weighted by Gasteiger charge is -2.30. The van der Waals surface area contributed by atoms with E-state index in [9.17, 15) is 43.5 Å². The number of H-pyrrole nitrogens is 2. The molecule has 1 aromatic carbocycles. The molecule has 0 spiro atoms. The van der Waals surface area contributed by atoms with E-state index in [1.807, 2.05) is 31.2 Å². The molecule has 0 aliphatic heterocycles. The lowest BCUT2D eigenvalue weighted by Crippen LogP contribution is -2.61. The van der Waals surface area contributed by atoms with E-state index in [1.54, 1.807) is 27.0 Å². The number of aromatic amines is 2. The molecule has 7 amide bonds. The first-order valence-corrected chi connectivity index (χ1v) is 23.5. The van der Waals surface area contributed by atoms with E-state index in [4.69, 9.17) is 22.9 Å². The summed E-state index contributed by atoms with van der Waals surface area (Å²) in [5, 5.41) is 26.9. The highest BCUT2D eigenvalue weighted by molar-refractivity contribution is 5.98. The molecule has 22 nitrogen and oxygen atoms in total. The number of para-hydroxylation sites is 1. The Hall–Kier alpha value is -6.39. The fourth-order valence-electron chi connectivity index (χ4n) is 7.44. The van der Waals surface area contributed by atoms with Crippen LogP contribution in [0.25, 0.3) is 10.9 Å². The SMILES string of the molecule is CC[C@H](C)[C@H](N)C(=O)N[C@@H](CCC(N)=O)C(=O)N[C@H](C(=O)N[C@@H](CCCCN)C(=O)N[C@@H](Cc1c[nH]c2ccccc12)C(=O)N[C@@H](Cc1cnc[nH]1)C(=O)N[C@@H](CCCCN)C(=O)O)[C@@H](C)CC. The maximum absolute atomic E-state index is 14.5. The van der Waals surface area contributed by atoms with Gasteiger partial charge < -0.3 is 69.9 Å². The normalized spacial score (nSPS) is 15.3. The second-order valence-corrected chi connectivity index (χ2v) is 17.3. The summed E-state index contributed by atoms with van der Waals surface area (Å²) in [4.78, 5) is 118. The second-order valence-electron chi connectivity index (χ2n) is 17.3. The third kappa shape index (κ3) is 17.7. The first-order valence-electron chi connectivity index (χ1n) is 23.5. The van der Waals surface area contributed by atoms with Crippen molar-refractivity contribution in [1.82, 2.24) is 46.9 Å². The Labute approximate surface area is 396 Å². The predicted molar refractivity (Wildman–Crippen MR) is 255 cm³/mol. The number of carbonyl (C=O) groups excluding carboxylic acids is 7. The molecule has 2 aromatic heterocycles. The van der Waals surface area contributed by atoms with Gasteiger partial charge in [-0.25, -0.2) is 9.78 Å². The number of aliphatic carboxylic acids is 1. The largest absolute Gasteiger partial charge is 0.480 e. The summed E-state index contributed by atoms with van der Waals surface area (Å²) in [6, 6.07) is -1.34. The fourth-order valence-corrected chi connectivity index (χ4v) is 7.44. The highest BCUT2D eigenvalue weighted by atomic mass is 16.4. The van der Waals surface area contributed by atoms with Crippen LogP contribution in [0, 0.1) is 11.8 Å². The van der Waals surface area contributed by atoms with E-state index in [1.165, 1.54) is 12.5 Å². The highest BCUT2D eigenvalue weighted by Gasteiger charge is 2.36. The zero-order valence-electron chi connectivity index (χ0n) is 39.6. The molecular formula is C46H73N13O9. The number of carboxylic acid groups (broad SMARTS) is 1. The van der Waals surface area contributed by atoms with Crippen LogP contribution in [0.5, 0.6) is 0 Å². The Morgan fingerprint density at radius 2 is 1.18 bits per heavy atom. The molecule has 2 heterocycles. The van der Waals surface area contributed by atoms with E-state index in [2.05, 4.69) is 46.9 Å². The van der Waals surface area contributed by atoms with Crippen LogP contribution in [-0.4, -0.2) is 123 Å². The van der Waals surface area contributed by atoms with Crippen LogP contribution >= 0.6 is 0 Å². The van der Waals surface area contributed by atoms with Gasteiger partial charge in [-0.15, -0.1) is 0 Å². The van der Waals surface area contributed by atoms with Crippen molar-refractivity contribution in [1.29, 1.82) is 0 Å². The fraction of sp³-hybridized carbons (Fsp3) is 0.587. The molecular weight excluding hydrogens is 879 g/mol. The number of carbonyl (C=O) groups is 8. The quantitative estimate of drug-likeness (QED) is 0.0355. The third-order valence-corrected chi connectivity index (χ3v) is 12.2. The van der Waals surface area contributed by atoms with Crippen LogP contribution < -0.4 is 54.8 Å². The molecule has 22 heteroatoms. The van der Waals surface area contributed by atoms with Crippen LogP contribution in [0.2, 0.25) is 0 Å². The van der Waals surface area contributed by atoms with Crippen molar-refractivity contribution < 1.29 is 43.5 Å². The summed E-state index contributed by atoms with van der Waals surface area (Å²) in [5.74, 6) is -7.14. The number of nitrogens with zero attached hydrogens (tertiary/aromatic N) is 1. The van der Waals surface area contributed by atoms with Crippen LogP contribution in [0.4, 0.5) is 0 Å². The number of fused-ring (bicyclic) bond motifs is 1. The standard InChI is InChI=1S/C46H73N13O9/c1-5-26(3)38(50)44(65)54-33(17-18-37(49)60)41(62)59-39(27(4)6-2)45(66)55-32(15-9-11-19-47)40(61)57-35(21-28-23-52-31-14-8-7-13-30(28)31)42(63)58-36(22-29-24-51-25-53-29)43(64)56-34(46(67)68)16-10-12-20-48/h7-8,13-14,23-27,32-36,38-39,52H,5-6,9-12,15-22,47-48,50H2,1-4H3,(H2,49,60)(H,51,53)(H,54,65)(H,55,66)(H,56,64)(H,57,61)(H,58,63)(H,59,62)(H,67,68)/t26-,27-,32-,33-,34-,35-,36-,38-,39-/m0/s1. The minimum atomic E-state index is -1.35. The maximum Gasteiger partial charge on any atom is 0.326 e. The van der Waals surface area contributed by atoms with E-state index in [-0.39, 0.29) is 51.0 Å². The summed E-state index contributed by atoms with van der Waals surface area (Å²) >= 11 is 0. The van der Waals surface area contributed by atoms with Gasteiger partial charge in [0.25, 0.3) is 0 Å². The molecule has 0 saturated heterocycles. The number of nitrogens with one attached hydrogen (secondary N) is 8. The highest BCUT2D eigenvalue weighted by Crippen LogP contribution is 2.20. The van der Waals surface area contributed by atoms with Gasteiger partial charge in [-0.05, 0) is 81.5 Å². The van der Waals surface area contributed by atoms with Gasteiger partial charge in [0.15, 0.2) is 0 Å². The number of benzene rings is 1. The van der Waals surface area contributed by atoms with Gasteiger partial charge in [0.05, 0.1) is 12.4 Å². The van der Waals surface area contributed by atoms with Crippen LogP contribution in [0.1, 0.15) is 103 Å². The van der Waals surface area contributed by atoms with Crippen molar-refractivity contribution in [2.75, 3.05) is 13.1 Å². The number of rotatable bonds is 32. The van der Waals surface area contributed by atoms with Crippen molar-refractivity contribution in [3.63, 3.8) is 0 Å². The van der Waals surface area contributed by atoms with Gasteiger partial charge >= 0.3 is 5.97 Å². The molecule has 0 aliphatic rings. The maximum atomic E-state index is 14.5. The number of primary amides is 1. The smallest absolute Gasteiger partial charge is 0.326 e. The van der Waals surface area contributed by atoms with Gasteiger partial charge in [-0.2, -0.15) is 0 Å². The Morgan fingerprint density at radius 3 is 1.75 bits per heavy atom. The number of unbranched alkanes of at least 4 members (excludes halogenated alkanes) is 2. The lowest BCUT2D eigenvalue weighted by molar-refractivity contribution is -0.142. The molecule has 3 aromatic rings. The zero-order valence-corrected chi connectivity index (χ0v) is 39.6. The number of aromatic nitrogens is 3. The molecule has 68 heavy (non-hydrogen) atoms. The van der Waals surface area contributed by atoms with E-state index >= 15 is 0 Å². The van der Waals surface area contributed by atoms with Crippen LogP contribution in [0.15, 0.2) is 43.0 Å². The summed E-state index contributed by atoms with van der Waals surface area (Å²) < 4.78 is 0. The van der Waals surface area contributed by atoms with E-state index < -0.39 is 95.5 Å². The van der Waals surface area contributed by atoms with Crippen molar-refractivity contribution in [3.05, 3.63) is 54.2 Å². The predicted octanol–water partition coefficient (Wildman–Crippen LogP) is -0.387. The first-order chi connectivity index (χ1) is 32.4. The summed E-state index contributed by atoms with van der Waals surface area (Å²) in [6.45, 7) is 7.80. The minimum absolute atomic E-state index is 0.0771. The van der Waals surface area contributed by atoms with Gasteiger partial charge in [0.1, 0.15) is 36.3 Å². The molecule has 0 saturated carbocycles. The number of nitrogens with two attached hydrogens (primary N) is 4. The Bertz CT molecular complexity index is 2110. The molecule has 376 valence electrons. The summed E-state index contributed by atoms with van der Waals surface area (Å²) in [5.41, 5.74) is 24.8. The third-order valence-electron chi connectivity index (χ3n) is 12.2. The molecule has 3 rings (SSSR count). The average molecular weight is 952 g/mol. The van der Waals surface area contributed by atoms with Gasteiger partial charge in [0, 0.05) is 48.3 Å². The molecule has 0 aliphatic carbocycles. The summed E-state index contributed by atoms with van der Waals surface area (Å²) in [6.07, 6.45) is 6.94. The molecule has 9 atom stereocenters. The van der Waals surface area contributed by atoms with Crippen molar-refractivity contribution >= 4 is 58.2 Å². The lowest BCUT2D eigenvalue weighted by atomic mass is 9.96.